The van der Waals surface area contributed by atoms with Crippen molar-refractivity contribution in [2.24, 2.45) is 9.98 Å². The second kappa shape index (κ2) is 14.2. The topological polar surface area (TPSA) is 105 Å². The van der Waals surface area contributed by atoms with E-state index in [1.807, 2.05) is 41.5 Å². The van der Waals surface area contributed by atoms with Gasteiger partial charge in [0.1, 0.15) is 12.1 Å². The molecule has 7 heteroatoms. The van der Waals surface area contributed by atoms with Gasteiger partial charge in [-0.05, 0) is 88.8 Å². The zero-order chi connectivity index (χ0) is 28.9. The van der Waals surface area contributed by atoms with Crippen molar-refractivity contribution in [2.75, 3.05) is 0 Å². The Balaban J connectivity index is 0.00000760. The predicted octanol–water partition coefficient (Wildman–Crippen LogP) is 4.91. The second-order valence-corrected chi connectivity index (χ2v) is 10.1. The first-order valence-electron chi connectivity index (χ1n) is 12.6. The van der Waals surface area contributed by atoms with Crippen molar-refractivity contribution in [3.63, 3.8) is 0 Å². The third-order valence-corrected chi connectivity index (χ3v) is 6.61. The summed E-state index contributed by atoms with van der Waals surface area (Å²) in [6.07, 6.45) is 2.69. The third-order valence-electron chi connectivity index (χ3n) is 6.61. The fourth-order valence-electron chi connectivity index (χ4n) is 5.11. The minimum absolute atomic E-state index is 0. The van der Waals surface area contributed by atoms with E-state index in [0.29, 0.717) is 0 Å². The van der Waals surface area contributed by atoms with E-state index >= 15 is 0 Å². The van der Waals surface area contributed by atoms with Gasteiger partial charge in [0, 0.05) is 40.4 Å². The van der Waals surface area contributed by atoms with Crippen molar-refractivity contribution in [1.29, 1.82) is 0 Å². The number of hydrogen-bond donors (Lipinski definition) is 0. The van der Waals surface area contributed by atoms with Gasteiger partial charge in [0.25, 0.3) is 0 Å². The molecule has 211 valence electrons. The Labute approximate surface area is 242 Å². The third kappa shape index (κ3) is 8.34. The number of benzene rings is 2. The molecule has 0 aliphatic carbocycles. The number of Topliss-reactive ketones (excluding diaryl/α,β-unsaturated/α-hetero) is 2. The first-order chi connectivity index (χ1) is 17.6. The fourth-order valence-corrected chi connectivity index (χ4v) is 5.11. The number of hydrogen-bond acceptors (Lipinski definition) is 6. The van der Waals surface area contributed by atoms with Crippen LogP contribution in [0.1, 0.15) is 84.3 Å². The molecule has 0 N–H and O–H groups in total. The first kappa shape index (κ1) is 33.7. The van der Waals surface area contributed by atoms with Crippen LogP contribution in [0.15, 0.2) is 56.9 Å². The Bertz CT molecular complexity index is 1220. The predicted molar refractivity (Wildman–Crippen MR) is 151 cm³/mol. The molecule has 2 atom stereocenters. The van der Waals surface area contributed by atoms with Crippen LogP contribution >= 0.6 is 0 Å². The Kier molecular flexibility index (Phi) is 12.3. The molecule has 2 rings (SSSR count). The van der Waals surface area contributed by atoms with Gasteiger partial charge in [-0.25, -0.2) is 0 Å². The van der Waals surface area contributed by atoms with E-state index < -0.39 is 12.1 Å². The smallest absolute Gasteiger partial charge is 0.160 e. The van der Waals surface area contributed by atoms with Crippen molar-refractivity contribution in [1.82, 2.24) is 0 Å². The van der Waals surface area contributed by atoms with Crippen LogP contribution in [0.3, 0.4) is 0 Å². The molecule has 1 radical (unpaired) electrons. The van der Waals surface area contributed by atoms with Crippen molar-refractivity contribution < 1.29 is 36.6 Å². The summed E-state index contributed by atoms with van der Waals surface area (Å²) in [6, 6.07) is 6.96. The van der Waals surface area contributed by atoms with E-state index in [1.54, 1.807) is 0 Å². The van der Waals surface area contributed by atoms with Gasteiger partial charge in [-0.15, -0.1) is 11.5 Å². The normalized spacial score (nSPS) is 14.5. The molecule has 0 saturated carbocycles. The van der Waals surface area contributed by atoms with Gasteiger partial charge < -0.3 is 10.2 Å². The molecule has 6 nitrogen and oxygen atoms in total. The molecular weight excluding hydrogens is 535 g/mol. The minimum atomic E-state index is -0.638. The van der Waals surface area contributed by atoms with E-state index in [1.165, 1.54) is 40.1 Å². The number of ketones is 2. The molecule has 0 aromatic heterocycles. The van der Waals surface area contributed by atoms with Gasteiger partial charge in [0.2, 0.25) is 0 Å². The molecule has 0 amide bonds. The van der Waals surface area contributed by atoms with Crippen molar-refractivity contribution in [2.45, 2.75) is 81.3 Å². The minimum Gasteiger partial charge on any atom is -0.875 e. The standard InChI is InChI=1S/C32H40N2O4.Co/c1-17-11-19(3)29(20(4)12-17)31(33-15-27(23(7)35)24(8)36)32(34-16-28(25(9)37)26(10)38)30-21(5)13-18(2)14-22(30)6;/h11-16,31-32,35,37H,1-10H3;/p-2/b27-23+,28-25+,33-15?,34-16?;/t31-,32-;/m1./s1. The molecular formula is C32H38CoN2O4-2. The molecule has 0 heterocycles. The number of rotatable bonds is 9. The van der Waals surface area contributed by atoms with Crippen LogP contribution in [0.25, 0.3) is 0 Å². The second-order valence-electron chi connectivity index (χ2n) is 10.1. The quantitative estimate of drug-likeness (QED) is 0.242. The summed E-state index contributed by atoms with van der Waals surface area (Å²) in [6.45, 7) is 17.4. The van der Waals surface area contributed by atoms with Gasteiger partial charge >= 0.3 is 0 Å². The van der Waals surface area contributed by atoms with Gasteiger partial charge in [0.05, 0.1) is 0 Å². The number of aryl methyl sites for hydroxylation is 6. The Morgan fingerprint density at radius 3 is 1.08 bits per heavy atom. The van der Waals surface area contributed by atoms with E-state index in [-0.39, 0.29) is 51.0 Å². The maximum atomic E-state index is 12.2. The van der Waals surface area contributed by atoms with Crippen LogP contribution < -0.4 is 10.2 Å². The largest absolute Gasteiger partial charge is 0.875 e. The van der Waals surface area contributed by atoms with Crippen LogP contribution in [0.4, 0.5) is 0 Å². The van der Waals surface area contributed by atoms with E-state index in [2.05, 4.69) is 24.3 Å². The molecule has 2 aromatic rings. The van der Waals surface area contributed by atoms with Gasteiger partial charge in [-0.1, -0.05) is 49.2 Å². The van der Waals surface area contributed by atoms with Crippen LogP contribution in [-0.4, -0.2) is 24.0 Å². The average Bonchev–Trinajstić information content (AvgIpc) is 2.74. The summed E-state index contributed by atoms with van der Waals surface area (Å²) in [5, 5.41) is 24.4. The SMILES string of the molecule is CC(=O)/C(C=N[C@H](c1c(C)cc(C)cc1C)[C@H](N=C/C(C(C)=O)=C(/C)[O-])c1c(C)cc(C)cc1C)=C(\C)[O-].[Co]. The van der Waals surface area contributed by atoms with E-state index in [9.17, 15) is 19.8 Å². The maximum absolute atomic E-state index is 12.2. The van der Waals surface area contributed by atoms with E-state index in [4.69, 9.17) is 9.98 Å². The molecule has 0 aliphatic rings. The average molecular weight is 574 g/mol. The summed E-state index contributed by atoms with van der Waals surface area (Å²) in [4.78, 5) is 34.1. The zero-order valence-electron chi connectivity index (χ0n) is 24.5. The van der Waals surface area contributed by atoms with Crippen molar-refractivity contribution in [3.8, 4) is 0 Å². The number of nitrogens with zero attached hydrogens (tertiary/aromatic N) is 2. The van der Waals surface area contributed by atoms with Crippen LogP contribution in [0, 0.1) is 41.5 Å². The monoisotopic (exact) mass is 573 g/mol. The number of aliphatic imine (C=N–C) groups is 2. The molecule has 0 bridgehead atoms. The fraction of sp³-hybridized carbons (Fsp3) is 0.375. The molecule has 0 spiro atoms. The van der Waals surface area contributed by atoms with Crippen LogP contribution in [0.5, 0.6) is 0 Å². The number of allylic oxidation sites excluding steroid dienone is 4. The van der Waals surface area contributed by atoms with Crippen molar-refractivity contribution in [3.05, 3.63) is 91.4 Å². The van der Waals surface area contributed by atoms with Gasteiger partial charge in [-0.2, -0.15) is 0 Å². The van der Waals surface area contributed by atoms with Crippen LogP contribution in [0.2, 0.25) is 0 Å². The summed E-state index contributed by atoms with van der Waals surface area (Å²) >= 11 is 0. The Morgan fingerprint density at radius 2 is 0.872 bits per heavy atom. The summed E-state index contributed by atoms with van der Waals surface area (Å²) in [5.41, 5.74) is 7.95. The van der Waals surface area contributed by atoms with Gasteiger partial charge in [-0.3, -0.25) is 19.6 Å². The summed E-state index contributed by atoms with van der Waals surface area (Å²) in [7, 11) is 0. The Morgan fingerprint density at radius 1 is 0.615 bits per heavy atom. The van der Waals surface area contributed by atoms with E-state index in [0.717, 1.165) is 44.5 Å². The van der Waals surface area contributed by atoms with Crippen LogP contribution in [-0.2, 0) is 26.4 Å². The number of carbonyl (C=O) groups excluding carboxylic acids is 2. The molecule has 0 aliphatic heterocycles. The van der Waals surface area contributed by atoms with Gasteiger partial charge in [0.15, 0.2) is 11.6 Å². The summed E-state index contributed by atoms with van der Waals surface area (Å²) < 4.78 is 0. The van der Waals surface area contributed by atoms with Crippen molar-refractivity contribution >= 4 is 24.0 Å². The molecule has 0 unspecified atom stereocenters. The first-order valence-corrected chi connectivity index (χ1v) is 12.6. The number of carbonyl (C=O) groups is 2. The Hall–Kier alpha value is -3.29. The molecule has 2 aromatic carbocycles. The molecule has 39 heavy (non-hydrogen) atoms. The summed E-state index contributed by atoms with van der Waals surface area (Å²) in [5.74, 6) is -1.49. The maximum Gasteiger partial charge on any atom is 0.160 e. The zero-order valence-corrected chi connectivity index (χ0v) is 25.5. The molecule has 0 fully saturated rings. The molecule has 0 saturated heterocycles.